The van der Waals surface area contributed by atoms with Crippen molar-refractivity contribution in [2.75, 3.05) is 13.1 Å². The Morgan fingerprint density at radius 3 is 2.37 bits per heavy atom. The van der Waals surface area contributed by atoms with Crippen LogP contribution < -0.4 is 0 Å². The van der Waals surface area contributed by atoms with E-state index >= 15 is 0 Å². The molecule has 2 atom stereocenters. The quantitative estimate of drug-likeness (QED) is 0.675. The molecule has 2 aromatic carbocycles. The lowest BCUT2D eigenvalue weighted by molar-refractivity contribution is -0.109. The van der Waals surface area contributed by atoms with Crippen LogP contribution in [0.25, 0.3) is 11.5 Å². The van der Waals surface area contributed by atoms with Crippen molar-refractivity contribution < 1.29 is 9.15 Å². The summed E-state index contributed by atoms with van der Waals surface area (Å²) >= 11 is 0. The highest BCUT2D eigenvalue weighted by atomic mass is 16.5. The molecule has 1 aromatic heterocycles. The molecular formula is C22H25N3O2. The maximum absolute atomic E-state index is 6.37. The third-order valence-corrected chi connectivity index (χ3v) is 4.96. The Morgan fingerprint density at radius 2 is 1.67 bits per heavy atom. The molecule has 3 aromatic rings. The van der Waals surface area contributed by atoms with Gasteiger partial charge < -0.3 is 9.15 Å². The topological polar surface area (TPSA) is 51.4 Å². The molecule has 0 saturated carbocycles. The van der Waals surface area contributed by atoms with Crippen LogP contribution in [0.1, 0.15) is 31.4 Å². The summed E-state index contributed by atoms with van der Waals surface area (Å²) in [7, 11) is 0. The summed E-state index contributed by atoms with van der Waals surface area (Å²) in [6, 6.07) is 20.3. The molecular weight excluding hydrogens is 338 g/mol. The van der Waals surface area contributed by atoms with Crippen LogP contribution in [-0.2, 0) is 11.3 Å². The number of ether oxygens (including phenoxy) is 1. The zero-order valence-corrected chi connectivity index (χ0v) is 15.8. The molecule has 1 saturated heterocycles. The van der Waals surface area contributed by atoms with Gasteiger partial charge in [-0.3, -0.25) is 4.90 Å². The van der Waals surface area contributed by atoms with E-state index in [-0.39, 0.29) is 12.2 Å². The smallest absolute Gasteiger partial charge is 0.247 e. The first-order chi connectivity index (χ1) is 13.2. The summed E-state index contributed by atoms with van der Waals surface area (Å²) in [5, 5.41) is 8.46. The van der Waals surface area contributed by atoms with Crippen molar-refractivity contribution in [2.45, 2.75) is 32.6 Å². The van der Waals surface area contributed by atoms with Gasteiger partial charge in [-0.1, -0.05) is 62.4 Å². The van der Waals surface area contributed by atoms with Gasteiger partial charge in [-0.25, -0.2) is 0 Å². The maximum atomic E-state index is 6.37. The van der Waals surface area contributed by atoms with Gasteiger partial charge in [0.25, 0.3) is 0 Å². The van der Waals surface area contributed by atoms with Crippen LogP contribution in [0.2, 0.25) is 0 Å². The van der Waals surface area contributed by atoms with E-state index in [1.54, 1.807) is 0 Å². The Bertz CT molecular complexity index is 848. The lowest BCUT2D eigenvalue weighted by Gasteiger charge is -2.39. The number of morpholine rings is 1. The third kappa shape index (κ3) is 4.26. The van der Waals surface area contributed by atoms with Crippen molar-refractivity contribution in [1.82, 2.24) is 15.1 Å². The molecule has 1 aliphatic rings. The van der Waals surface area contributed by atoms with Gasteiger partial charge in [0.1, 0.15) is 0 Å². The number of rotatable bonds is 5. The van der Waals surface area contributed by atoms with E-state index in [0.717, 1.165) is 18.7 Å². The van der Waals surface area contributed by atoms with E-state index in [0.29, 0.717) is 24.2 Å². The monoisotopic (exact) mass is 363 g/mol. The van der Waals surface area contributed by atoms with Crippen molar-refractivity contribution in [3.05, 3.63) is 72.1 Å². The Labute approximate surface area is 160 Å². The van der Waals surface area contributed by atoms with Gasteiger partial charge >= 0.3 is 0 Å². The van der Waals surface area contributed by atoms with Crippen LogP contribution in [0.15, 0.2) is 65.1 Å². The van der Waals surface area contributed by atoms with Gasteiger partial charge in [-0.05, 0) is 23.6 Å². The number of benzene rings is 2. The van der Waals surface area contributed by atoms with Gasteiger partial charge in [0.15, 0.2) is 0 Å². The summed E-state index contributed by atoms with van der Waals surface area (Å²) in [6.45, 7) is 6.73. The van der Waals surface area contributed by atoms with Gasteiger partial charge in [0.05, 0.1) is 18.8 Å². The number of hydrogen-bond donors (Lipinski definition) is 0. The van der Waals surface area contributed by atoms with E-state index < -0.39 is 0 Å². The number of nitrogens with zero attached hydrogens (tertiary/aromatic N) is 3. The second-order valence-electron chi connectivity index (χ2n) is 7.38. The minimum absolute atomic E-state index is 0.0591. The predicted octanol–water partition coefficient (Wildman–Crippen LogP) is 4.33. The van der Waals surface area contributed by atoms with Crippen LogP contribution in [0.3, 0.4) is 0 Å². The SMILES string of the molecule is CC(C)[C@H]1CN(Cc2nnc(-c3ccccc3)o2)C[C@@H](c2ccccc2)O1. The molecule has 0 amide bonds. The summed E-state index contributed by atoms with van der Waals surface area (Å²) < 4.78 is 12.3. The van der Waals surface area contributed by atoms with Gasteiger partial charge in [-0.2, -0.15) is 0 Å². The van der Waals surface area contributed by atoms with E-state index in [9.17, 15) is 0 Å². The molecule has 0 aliphatic carbocycles. The second kappa shape index (κ2) is 8.03. The predicted molar refractivity (Wildman–Crippen MR) is 104 cm³/mol. The van der Waals surface area contributed by atoms with Crippen molar-refractivity contribution in [3.8, 4) is 11.5 Å². The van der Waals surface area contributed by atoms with E-state index in [4.69, 9.17) is 9.15 Å². The van der Waals surface area contributed by atoms with Crippen molar-refractivity contribution in [3.63, 3.8) is 0 Å². The molecule has 0 radical (unpaired) electrons. The fourth-order valence-electron chi connectivity index (χ4n) is 3.42. The Morgan fingerprint density at radius 1 is 0.963 bits per heavy atom. The van der Waals surface area contributed by atoms with Gasteiger partial charge in [-0.15, -0.1) is 10.2 Å². The van der Waals surface area contributed by atoms with E-state index in [1.807, 2.05) is 36.4 Å². The van der Waals surface area contributed by atoms with Crippen molar-refractivity contribution in [2.24, 2.45) is 5.92 Å². The second-order valence-corrected chi connectivity index (χ2v) is 7.38. The first-order valence-corrected chi connectivity index (χ1v) is 9.49. The lowest BCUT2D eigenvalue weighted by atomic mass is 10.0. The van der Waals surface area contributed by atoms with Crippen LogP contribution >= 0.6 is 0 Å². The average Bonchev–Trinajstić information content (AvgIpc) is 3.17. The first-order valence-electron chi connectivity index (χ1n) is 9.49. The molecule has 27 heavy (non-hydrogen) atoms. The first kappa shape index (κ1) is 17.9. The Hall–Kier alpha value is -2.50. The maximum Gasteiger partial charge on any atom is 0.247 e. The minimum atomic E-state index is 0.0591. The number of hydrogen-bond acceptors (Lipinski definition) is 5. The zero-order valence-electron chi connectivity index (χ0n) is 15.8. The fourth-order valence-corrected chi connectivity index (χ4v) is 3.42. The molecule has 140 valence electrons. The van der Waals surface area contributed by atoms with Gasteiger partial charge in [0.2, 0.25) is 11.8 Å². The van der Waals surface area contributed by atoms with Crippen molar-refractivity contribution in [1.29, 1.82) is 0 Å². The summed E-state index contributed by atoms with van der Waals surface area (Å²) in [5.41, 5.74) is 2.16. The Kier molecular flexibility index (Phi) is 5.32. The third-order valence-electron chi connectivity index (χ3n) is 4.96. The van der Waals surface area contributed by atoms with Crippen LogP contribution in [0.4, 0.5) is 0 Å². The molecule has 5 heteroatoms. The van der Waals surface area contributed by atoms with E-state index in [1.165, 1.54) is 5.56 Å². The molecule has 0 spiro atoms. The van der Waals surface area contributed by atoms with Gasteiger partial charge in [0, 0.05) is 18.7 Å². The molecule has 0 unspecified atom stereocenters. The largest absolute Gasteiger partial charge is 0.419 e. The summed E-state index contributed by atoms with van der Waals surface area (Å²) in [4.78, 5) is 2.36. The zero-order chi connectivity index (χ0) is 18.6. The molecule has 5 nitrogen and oxygen atoms in total. The molecule has 4 rings (SSSR count). The summed E-state index contributed by atoms with van der Waals surface area (Å²) in [5.74, 6) is 1.66. The molecule has 0 bridgehead atoms. The van der Waals surface area contributed by atoms with Crippen LogP contribution in [-0.4, -0.2) is 34.3 Å². The molecule has 1 aliphatic heterocycles. The molecule has 1 fully saturated rings. The summed E-state index contributed by atoms with van der Waals surface area (Å²) in [6.07, 6.45) is 0.240. The average molecular weight is 363 g/mol. The Balaban J connectivity index is 1.50. The number of aromatic nitrogens is 2. The highest BCUT2D eigenvalue weighted by Crippen LogP contribution is 2.29. The molecule has 0 N–H and O–H groups in total. The van der Waals surface area contributed by atoms with Crippen LogP contribution in [0.5, 0.6) is 0 Å². The highest BCUT2D eigenvalue weighted by molar-refractivity contribution is 5.51. The minimum Gasteiger partial charge on any atom is -0.419 e. The van der Waals surface area contributed by atoms with Crippen LogP contribution in [0, 0.1) is 5.92 Å². The molecule has 2 heterocycles. The standard InChI is InChI=1S/C22H25N3O2/c1-16(2)19-13-25(14-20(26-19)17-9-5-3-6-10-17)15-21-23-24-22(27-21)18-11-7-4-8-12-18/h3-12,16,19-20H,13-15H2,1-2H3/t19-,20+/m1/s1. The highest BCUT2D eigenvalue weighted by Gasteiger charge is 2.31. The van der Waals surface area contributed by atoms with Crippen molar-refractivity contribution >= 4 is 0 Å². The lowest BCUT2D eigenvalue weighted by Crippen LogP contribution is -2.45. The fraction of sp³-hybridized carbons (Fsp3) is 0.364. The normalized spacial score (nSPS) is 20.9. The van der Waals surface area contributed by atoms with E-state index in [2.05, 4.69) is 53.2 Å².